The van der Waals surface area contributed by atoms with Crippen LogP contribution in [0.3, 0.4) is 0 Å². The molecule has 0 amide bonds. The minimum Gasteiger partial charge on any atom is -0.395 e. The Kier molecular flexibility index (Phi) is 5.09. The van der Waals surface area contributed by atoms with Crippen LogP contribution in [0.4, 0.5) is 4.39 Å². The normalized spacial score (nSPS) is 16.5. The molecule has 0 saturated carbocycles. The van der Waals surface area contributed by atoms with Crippen molar-refractivity contribution in [3.63, 3.8) is 0 Å². The highest BCUT2D eigenvalue weighted by Crippen LogP contribution is 2.32. The number of aliphatic hydroxyl groups excluding tert-OH is 1. The van der Waals surface area contributed by atoms with E-state index in [1.807, 2.05) is 0 Å². The largest absolute Gasteiger partial charge is 0.395 e. The lowest BCUT2D eigenvalue weighted by atomic mass is 9.74. The van der Waals surface area contributed by atoms with Gasteiger partial charge >= 0.3 is 0 Å². The molecule has 3 heteroatoms. The fourth-order valence-corrected chi connectivity index (χ4v) is 2.22. The molecular weight excluding hydrogens is 217 g/mol. The van der Waals surface area contributed by atoms with Gasteiger partial charge in [-0.2, -0.15) is 0 Å². The molecule has 0 fully saturated rings. The van der Waals surface area contributed by atoms with E-state index in [0.717, 1.165) is 6.42 Å². The Balaban J connectivity index is 3.11. The van der Waals surface area contributed by atoms with Gasteiger partial charge in [-0.15, -0.1) is 0 Å². The Bertz CT molecular complexity index is 350. The molecule has 0 aliphatic carbocycles. The molecule has 3 N–H and O–H groups in total. The second kappa shape index (κ2) is 6.12. The number of aliphatic hydroxyl groups is 1. The number of hydrogen-bond acceptors (Lipinski definition) is 2. The van der Waals surface area contributed by atoms with E-state index >= 15 is 0 Å². The lowest BCUT2D eigenvalue weighted by Crippen LogP contribution is -2.41. The molecule has 17 heavy (non-hydrogen) atoms. The molecule has 1 aromatic rings. The minimum atomic E-state index is -0.652. The van der Waals surface area contributed by atoms with E-state index in [1.165, 1.54) is 6.07 Å². The molecule has 1 rings (SSSR count). The van der Waals surface area contributed by atoms with Gasteiger partial charge in [0.1, 0.15) is 5.82 Å². The summed E-state index contributed by atoms with van der Waals surface area (Å²) < 4.78 is 13.8. The zero-order valence-corrected chi connectivity index (χ0v) is 10.6. The number of rotatable bonds is 6. The molecule has 0 aromatic heterocycles. The fraction of sp³-hybridized carbons (Fsp3) is 0.571. The van der Waals surface area contributed by atoms with Crippen molar-refractivity contribution in [2.75, 3.05) is 13.2 Å². The van der Waals surface area contributed by atoms with Crippen LogP contribution in [0.5, 0.6) is 0 Å². The molecule has 0 aliphatic heterocycles. The standard InChI is InChI=1S/C14H22FNO/c1-3-11(2)8-14(9-16,10-17)12-6-4-5-7-13(12)15/h4-7,11,17H,3,8-10,16H2,1-2H3. The highest BCUT2D eigenvalue weighted by atomic mass is 19.1. The molecular formula is C14H22FNO. The second-order valence-corrected chi connectivity index (χ2v) is 4.84. The maximum absolute atomic E-state index is 13.8. The maximum atomic E-state index is 13.8. The molecule has 0 spiro atoms. The van der Waals surface area contributed by atoms with Crippen LogP contribution in [0.25, 0.3) is 0 Å². The first kappa shape index (κ1) is 14.1. The molecule has 0 aliphatic rings. The lowest BCUT2D eigenvalue weighted by molar-refractivity contribution is 0.167. The number of nitrogens with two attached hydrogens (primary N) is 1. The monoisotopic (exact) mass is 239 g/mol. The zero-order valence-electron chi connectivity index (χ0n) is 10.6. The first-order valence-electron chi connectivity index (χ1n) is 6.15. The van der Waals surface area contributed by atoms with E-state index in [-0.39, 0.29) is 19.0 Å². The highest BCUT2D eigenvalue weighted by molar-refractivity contribution is 5.28. The first-order chi connectivity index (χ1) is 8.09. The third kappa shape index (κ3) is 3.05. The van der Waals surface area contributed by atoms with Gasteiger partial charge in [-0.1, -0.05) is 38.5 Å². The first-order valence-corrected chi connectivity index (χ1v) is 6.15. The molecule has 0 bridgehead atoms. The SMILES string of the molecule is CCC(C)CC(CN)(CO)c1ccccc1F. The average Bonchev–Trinajstić information content (AvgIpc) is 2.36. The summed E-state index contributed by atoms with van der Waals surface area (Å²) in [7, 11) is 0. The van der Waals surface area contributed by atoms with Crippen molar-refractivity contribution in [1.82, 2.24) is 0 Å². The molecule has 2 nitrogen and oxygen atoms in total. The molecule has 2 atom stereocenters. The van der Waals surface area contributed by atoms with E-state index in [9.17, 15) is 9.50 Å². The Labute approximate surface area is 103 Å². The van der Waals surface area contributed by atoms with Crippen molar-refractivity contribution >= 4 is 0 Å². The van der Waals surface area contributed by atoms with E-state index in [4.69, 9.17) is 5.73 Å². The number of benzene rings is 1. The van der Waals surface area contributed by atoms with Gasteiger partial charge in [0.15, 0.2) is 0 Å². The average molecular weight is 239 g/mol. The Morgan fingerprint density at radius 3 is 2.53 bits per heavy atom. The van der Waals surface area contributed by atoms with Crippen LogP contribution in [0.15, 0.2) is 24.3 Å². The maximum Gasteiger partial charge on any atom is 0.127 e. The molecule has 0 heterocycles. The van der Waals surface area contributed by atoms with Gasteiger partial charge in [-0.25, -0.2) is 4.39 Å². The quantitative estimate of drug-likeness (QED) is 0.801. The molecule has 0 radical (unpaired) electrons. The lowest BCUT2D eigenvalue weighted by Gasteiger charge is -2.33. The Morgan fingerprint density at radius 1 is 1.41 bits per heavy atom. The van der Waals surface area contributed by atoms with Gasteiger partial charge in [0.05, 0.1) is 6.61 Å². The third-order valence-electron chi connectivity index (χ3n) is 3.57. The van der Waals surface area contributed by atoms with Crippen LogP contribution in [0, 0.1) is 11.7 Å². The van der Waals surface area contributed by atoms with Crippen LogP contribution in [0.1, 0.15) is 32.3 Å². The van der Waals surface area contributed by atoms with Crippen molar-refractivity contribution in [3.8, 4) is 0 Å². The third-order valence-corrected chi connectivity index (χ3v) is 3.57. The summed E-state index contributed by atoms with van der Waals surface area (Å²) in [5.74, 6) is 0.126. The minimum absolute atomic E-state index is 0.116. The van der Waals surface area contributed by atoms with Gasteiger partial charge < -0.3 is 10.8 Å². The predicted molar refractivity (Wildman–Crippen MR) is 68.3 cm³/mol. The van der Waals surface area contributed by atoms with Gasteiger partial charge in [-0.05, 0) is 24.0 Å². The van der Waals surface area contributed by atoms with Crippen molar-refractivity contribution < 1.29 is 9.50 Å². The summed E-state index contributed by atoms with van der Waals surface area (Å²) in [6.45, 7) is 4.33. The zero-order chi connectivity index (χ0) is 12.9. The van der Waals surface area contributed by atoms with Crippen LogP contribution in [-0.2, 0) is 5.41 Å². The smallest absolute Gasteiger partial charge is 0.127 e. The van der Waals surface area contributed by atoms with Crippen LogP contribution in [0.2, 0.25) is 0 Å². The van der Waals surface area contributed by atoms with E-state index in [0.29, 0.717) is 17.9 Å². The van der Waals surface area contributed by atoms with Gasteiger partial charge in [0.25, 0.3) is 0 Å². The molecule has 0 saturated heterocycles. The van der Waals surface area contributed by atoms with Crippen molar-refractivity contribution in [2.24, 2.45) is 11.7 Å². The van der Waals surface area contributed by atoms with Gasteiger partial charge in [0, 0.05) is 12.0 Å². The van der Waals surface area contributed by atoms with Crippen molar-refractivity contribution in [3.05, 3.63) is 35.6 Å². The van der Waals surface area contributed by atoms with E-state index < -0.39 is 5.41 Å². The summed E-state index contributed by atoms with van der Waals surface area (Å²) >= 11 is 0. The number of halogens is 1. The van der Waals surface area contributed by atoms with Crippen molar-refractivity contribution in [2.45, 2.75) is 32.1 Å². The van der Waals surface area contributed by atoms with Gasteiger partial charge in [0.2, 0.25) is 0 Å². The van der Waals surface area contributed by atoms with E-state index in [1.54, 1.807) is 18.2 Å². The topological polar surface area (TPSA) is 46.2 Å². The Morgan fingerprint density at radius 2 is 2.06 bits per heavy atom. The van der Waals surface area contributed by atoms with E-state index in [2.05, 4.69) is 13.8 Å². The highest BCUT2D eigenvalue weighted by Gasteiger charge is 2.33. The summed E-state index contributed by atoms with van der Waals surface area (Å²) in [5, 5.41) is 9.65. The fourth-order valence-electron chi connectivity index (χ4n) is 2.22. The predicted octanol–water partition coefficient (Wildman–Crippen LogP) is 2.45. The summed E-state index contributed by atoms with van der Waals surface area (Å²) in [4.78, 5) is 0. The van der Waals surface area contributed by atoms with Crippen molar-refractivity contribution in [1.29, 1.82) is 0 Å². The van der Waals surface area contributed by atoms with Crippen LogP contribution >= 0.6 is 0 Å². The summed E-state index contributed by atoms with van der Waals surface area (Å²) in [6.07, 6.45) is 1.70. The molecule has 1 aromatic carbocycles. The summed E-state index contributed by atoms with van der Waals surface area (Å²) in [5.41, 5.74) is 5.68. The van der Waals surface area contributed by atoms with Gasteiger partial charge in [-0.3, -0.25) is 0 Å². The van der Waals surface area contributed by atoms with Crippen LogP contribution in [-0.4, -0.2) is 18.3 Å². The summed E-state index contributed by atoms with van der Waals surface area (Å²) in [6, 6.07) is 6.59. The second-order valence-electron chi connectivity index (χ2n) is 4.84. The number of hydrogen-bond donors (Lipinski definition) is 2. The molecule has 96 valence electrons. The Hall–Kier alpha value is -0.930. The molecule has 2 unspecified atom stereocenters. The van der Waals surface area contributed by atoms with Crippen LogP contribution < -0.4 is 5.73 Å².